The van der Waals surface area contributed by atoms with E-state index in [9.17, 15) is 0 Å². The summed E-state index contributed by atoms with van der Waals surface area (Å²) in [5, 5.41) is 0. The van der Waals surface area contributed by atoms with Crippen molar-refractivity contribution in [2.24, 2.45) is 0 Å². The second-order valence-corrected chi connectivity index (χ2v) is 4.62. The first-order chi connectivity index (χ1) is 8.27. The lowest BCUT2D eigenvalue weighted by Crippen LogP contribution is -1.90. The smallest absolute Gasteiger partial charge is 0.146 e. The van der Waals surface area contributed by atoms with E-state index >= 15 is 0 Å². The molecule has 0 aliphatic heterocycles. The molecule has 17 heavy (non-hydrogen) atoms. The Bertz CT molecular complexity index is 674. The van der Waals surface area contributed by atoms with Crippen molar-refractivity contribution < 1.29 is 0 Å². The van der Waals surface area contributed by atoms with E-state index in [-0.39, 0.29) is 0 Å². The van der Waals surface area contributed by atoms with Gasteiger partial charge in [0.05, 0.1) is 5.52 Å². The molecular formula is C13H10BrN3. The molecule has 0 spiro atoms. The summed E-state index contributed by atoms with van der Waals surface area (Å²) in [6.07, 6.45) is 5.58. The van der Waals surface area contributed by atoms with Crippen molar-refractivity contribution in [1.82, 2.24) is 14.4 Å². The van der Waals surface area contributed by atoms with E-state index in [0.29, 0.717) is 0 Å². The molecule has 0 aliphatic carbocycles. The number of hydrogen-bond donors (Lipinski definition) is 0. The molecule has 0 unspecified atom stereocenters. The van der Waals surface area contributed by atoms with Crippen LogP contribution in [0.2, 0.25) is 0 Å². The van der Waals surface area contributed by atoms with Crippen molar-refractivity contribution in [3.05, 3.63) is 53.0 Å². The average molecular weight is 288 g/mol. The van der Waals surface area contributed by atoms with Crippen LogP contribution in [0.1, 0.15) is 5.56 Å². The first-order valence-corrected chi connectivity index (χ1v) is 6.10. The number of rotatable bonds is 1. The van der Waals surface area contributed by atoms with E-state index in [0.717, 1.165) is 21.5 Å². The molecule has 3 aromatic heterocycles. The summed E-state index contributed by atoms with van der Waals surface area (Å²) in [6.45, 7) is 2.08. The highest BCUT2D eigenvalue weighted by atomic mass is 79.9. The fraction of sp³-hybridized carbons (Fsp3) is 0.0769. The standard InChI is InChI=1S/C13H10BrN3/c1-9-3-2-8-17-11(9)12(14)16-13(17)10-4-6-15-7-5-10/h2-8H,1H3. The number of aromatic nitrogens is 3. The number of nitrogens with zero attached hydrogens (tertiary/aromatic N) is 3. The molecule has 0 bridgehead atoms. The fourth-order valence-electron chi connectivity index (χ4n) is 1.96. The quantitative estimate of drug-likeness (QED) is 0.686. The van der Waals surface area contributed by atoms with Crippen LogP contribution in [0.3, 0.4) is 0 Å². The van der Waals surface area contributed by atoms with Gasteiger partial charge >= 0.3 is 0 Å². The minimum Gasteiger partial charge on any atom is -0.298 e. The summed E-state index contributed by atoms with van der Waals surface area (Å²) in [4.78, 5) is 8.60. The van der Waals surface area contributed by atoms with Crippen LogP contribution in [-0.4, -0.2) is 14.4 Å². The third kappa shape index (κ3) is 1.65. The van der Waals surface area contributed by atoms with Crippen molar-refractivity contribution >= 4 is 21.4 Å². The van der Waals surface area contributed by atoms with E-state index in [4.69, 9.17) is 0 Å². The molecule has 3 rings (SSSR count). The predicted molar refractivity (Wildman–Crippen MR) is 70.9 cm³/mol. The van der Waals surface area contributed by atoms with E-state index < -0.39 is 0 Å². The normalized spacial score (nSPS) is 10.9. The highest BCUT2D eigenvalue weighted by Gasteiger charge is 2.11. The van der Waals surface area contributed by atoms with Gasteiger partial charge in [0.25, 0.3) is 0 Å². The number of aryl methyl sites for hydroxylation is 1. The van der Waals surface area contributed by atoms with Crippen molar-refractivity contribution in [2.75, 3.05) is 0 Å². The van der Waals surface area contributed by atoms with E-state index in [2.05, 4.69) is 43.3 Å². The molecule has 0 aliphatic rings. The van der Waals surface area contributed by atoms with Gasteiger partial charge in [0.15, 0.2) is 0 Å². The summed E-state index contributed by atoms with van der Waals surface area (Å²) in [5.74, 6) is 0.929. The second-order valence-electron chi connectivity index (χ2n) is 3.87. The van der Waals surface area contributed by atoms with Crippen LogP contribution in [0.4, 0.5) is 0 Å². The average Bonchev–Trinajstić information content (AvgIpc) is 2.69. The lowest BCUT2D eigenvalue weighted by atomic mass is 10.2. The zero-order valence-electron chi connectivity index (χ0n) is 9.26. The lowest BCUT2D eigenvalue weighted by Gasteiger charge is -2.02. The van der Waals surface area contributed by atoms with Crippen LogP contribution in [0.15, 0.2) is 47.5 Å². The number of fused-ring (bicyclic) bond motifs is 1. The Labute approximate surface area is 107 Å². The molecular weight excluding hydrogens is 278 g/mol. The number of hydrogen-bond acceptors (Lipinski definition) is 2. The summed E-state index contributed by atoms with van der Waals surface area (Å²) >= 11 is 3.52. The van der Waals surface area contributed by atoms with Gasteiger partial charge in [-0.1, -0.05) is 6.07 Å². The monoisotopic (exact) mass is 287 g/mol. The van der Waals surface area contributed by atoms with E-state index in [1.807, 2.05) is 24.4 Å². The molecule has 84 valence electrons. The maximum Gasteiger partial charge on any atom is 0.146 e. The van der Waals surface area contributed by atoms with Gasteiger partial charge in [-0.05, 0) is 46.6 Å². The molecule has 0 amide bonds. The highest BCUT2D eigenvalue weighted by molar-refractivity contribution is 9.10. The van der Waals surface area contributed by atoms with Gasteiger partial charge in [-0.3, -0.25) is 9.38 Å². The van der Waals surface area contributed by atoms with Gasteiger partial charge in [-0.25, -0.2) is 4.98 Å². The van der Waals surface area contributed by atoms with Crippen molar-refractivity contribution in [2.45, 2.75) is 6.92 Å². The first-order valence-electron chi connectivity index (χ1n) is 5.31. The molecule has 0 saturated carbocycles. The lowest BCUT2D eigenvalue weighted by molar-refractivity contribution is 1.15. The number of halogens is 1. The first kappa shape index (κ1) is 10.5. The minimum atomic E-state index is 0.877. The summed E-state index contributed by atoms with van der Waals surface area (Å²) in [6, 6.07) is 8.03. The molecule has 3 nitrogen and oxygen atoms in total. The molecule has 0 atom stereocenters. The van der Waals surface area contributed by atoms with Crippen molar-refractivity contribution in [3.8, 4) is 11.4 Å². The molecule has 3 aromatic rings. The van der Waals surface area contributed by atoms with Crippen LogP contribution >= 0.6 is 15.9 Å². The van der Waals surface area contributed by atoms with Crippen molar-refractivity contribution in [1.29, 1.82) is 0 Å². The predicted octanol–water partition coefficient (Wildman–Crippen LogP) is 3.47. The zero-order valence-corrected chi connectivity index (χ0v) is 10.8. The van der Waals surface area contributed by atoms with Crippen LogP contribution < -0.4 is 0 Å². The van der Waals surface area contributed by atoms with Crippen molar-refractivity contribution in [3.63, 3.8) is 0 Å². The van der Waals surface area contributed by atoms with E-state index in [1.165, 1.54) is 5.56 Å². The molecule has 4 heteroatoms. The van der Waals surface area contributed by atoms with Gasteiger partial charge in [-0.15, -0.1) is 0 Å². The Kier molecular flexibility index (Phi) is 2.44. The van der Waals surface area contributed by atoms with Crippen LogP contribution in [0.25, 0.3) is 16.9 Å². The largest absolute Gasteiger partial charge is 0.298 e. The molecule has 0 N–H and O–H groups in total. The zero-order chi connectivity index (χ0) is 11.8. The van der Waals surface area contributed by atoms with Gasteiger partial charge in [0.1, 0.15) is 10.4 Å². The number of imidazole rings is 1. The Hall–Kier alpha value is -1.68. The Morgan fingerprint density at radius 1 is 1.18 bits per heavy atom. The SMILES string of the molecule is Cc1cccn2c(-c3ccncc3)nc(Br)c12. The minimum absolute atomic E-state index is 0.877. The molecule has 0 fully saturated rings. The summed E-state index contributed by atoms with van der Waals surface area (Å²) in [5.41, 5.74) is 3.37. The topological polar surface area (TPSA) is 30.2 Å². The fourth-order valence-corrected chi connectivity index (χ4v) is 2.63. The van der Waals surface area contributed by atoms with Gasteiger partial charge in [0.2, 0.25) is 0 Å². The maximum atomic E-state index is 4.57. The van der Waals surface area contributed by atoms with Gasteiger partial charge in [0, 0.05) is 24.2 Å². The van der Waals surface area contributed by atoms with Gasteiger partial charge in [-0.2, -0.15) is 0 Å². The Morgan fingerprint density at radius 2 is 1.94 bits per heavy atom. The van der Waals surface area contributed by atoms with Gasteiger partial charge < -0.3 is 0 Å². The Morgan fingerprint density at radius 3 is 2.71 bits per heavy atom. The number of pyridine rings is 2. The van der Waals surface area contributed by atoms with Crippen LogP contribution in [0.5, 0.6) is 0 Å². The third-order valence-electron chi connectivity index (χ3n) is 2.76. The molecule has 3 heterocycles. The van der Waals surface area contributed by atoms with Crippen LogP contribution in [0, 0.1) is 6.92 Å². The highest BCUT2D eigenvalue weighted by Crippen LogP contribution is 2.27. The Balaban J connectivity index is 2.36. The summed E-state index contributed by atoms with van der Waals surface area (Å²) in [7, 11) is 0. The second kappa shape index (κ2) is 3.96. The maximum absolute atomic E-state index is 4.57. The van der Waals surface area contributed by atoms with E-state index in [1.54, 1.807) is 12.4 Å². The molecule has 0 saturated heterocycles. The molecule has 0 radical (unpaired) electrons. The summed E-state index contributed by atoms with van der Waals surface area (Å²) < 4.78 is 2.97. The van der Waals surface area contributed by atoms with Crippen LogP contribution in [-0.2, 0) is 0 Å². The molecule has 0 aromatic carbocycles. The third-order valence-corrected chi connectivity index (χ3v) is 3.31.